The lowest BCUT2D eigenvalue weighted by Gasteiger charge is -2.53. The molecule has 1 spiro atoms. The van der Waals surface area contributed by atoms with Crippen molar-refractivity contribution >= 4 is 5.82 Å². The van der Waals surface area contributed by atoms with Crippen LogP contribution in [0.2, 0.25) is 0 Å². The lowest BCUT2D eigenvalue weighted by Crippen LogP contribution is -2.65. The Morgan fingerprint density at radius 3 is 2.96 bits per heavy atom. The molecule has 1 atom stereocenters. The van der Waals surface area contributed by atoms with Crippen LogP contribution < -0.4 is 14.4 Å². The van der Waals surface area contributed by atoms with Crippen molar-refractivity contribution in [1.82, 2.24) is 19.9 Å². The van der Waals surface area contributed by atoms with Gasteiger partial charge in [0, 0.05) is 25.1 Å². The smallest absolute Gasteiger partial charge is 0.232 e. The highest BCUT2D eigenvalue weighted by atomic mass is 16.5. The first-order chi connectivity index (χ1) is 12.8. The number of hydrogen-bond acceptors (Lipinski definition) is 8. The molecule has 8 heteroatoms. The maximum Gasteiger partial charge on any atom is 0.232 e. The molecule has 138 valence electrons. The Labute approximate surface area is 152 Å². The zero-order valence-electron chi connectivity index (χ0n) is 14.9. The third kappa shape index (κ3) is 3.70. The Morgan fingerprint density at radius 1 is 1.23 bits per heavy atom. The minimum Gasteiger partial charge on any atom is -0.481 e. The molecule has 0 saturated carbocycles. The second-order valence-corrected chi connectivity index (χ2v) is 6.85. The van der Waals surface area contributed by atoms with Crippen LogP contribution in [-0.4, -0.2) is 59.0 Å². The molecule has 0 unspecified atom stereocenters. The standard InChI is InChI=1S/C18H23N5O3/c1-24-16-8-15(21-13-22-16)23-11-18(12-23)9-14(3-7-26-18)2-6-25-17-10-19-4-5-20-17/h4-5,8,10,13-14H,2-3,6-7,9,11-12H2,1H3/t14-/m1/s1. The van der Waals surface area contributed by atoms with Crippen LogP contribution in [0.4, 0.5) is 5.82 Å². The van der Waals surface area contributed by atoms with Crippen molar-refractivity contribution in [1.29, 1.82) is 0 Å². The molecule has 2 aliphatic rings. The van der Waals surface area contributed by atoms with E-state index in [0.29, 0.717) is 24.3 Å². The van der Waals surface area contributed by atoms with Crippen molar-refractivity contribution in [2.24, 2.45) is 5.92 Å². The van der Waals surface area contributed by atoms with Gasteiger partial charge in [-0.25, -0.2) is 15.0 Å². The molecule has 2 aromatic heterocycles. The summed E-state index contributed by atoms with van der Waals surface area (Å²) in [6.07, 6.45) is 9.60. The molecular weight excluding hydrogens is 334 g/mol. The predicted octanol–water partition coefficient (Wildman–Crippen LogP) is 1.73. The van der Waals surface area contributed by atoms with E-state index in [1.807, 2.05) is 6.07 Å². The summed E-state index contributed by atoms with van der Waals surface area (Å²) in [5.41, 5.74) is -0.0619. The highest BCUT2D eigenvalue weighted by Gasteiger charge is 2.48. The van der Waals surface area contributed by atoms with E-state index in [9.17, 15) is 0 Å². The van der Waals surface area contributed by atoms with Crippen LogP contribution in [0, 0.1) is 5.92 Å². The van der Waals surface area contributed by atoms with Crippen LogP contribution in [0.15, 0.2) is 31.0 Å². The number of aromatic nitrogens is 4. The van der Waals surface area contributed by atoms with Gasteiger partial charge in [-0.1, -0.05) is 0 Å². The van der Waals surface area contributed by atoms with Gasteiger partial charge in [0.1, 0.15) is 17.7 Å². The number of methoxy groups -OCH3 is 1. The Hall–Kier alpha value is -2.48. The summed E-state index contributed by atoms with van der Waals surface area (Å²) in [6.45, 7) is 3.17. The molecule has 4 rings (SSSR count). The average molecular weight is 357 g/mol. The maximum atomic E-state index is 6.13. The Kier molecular flexibility index (Phi) is 4.83. The monoisotopic (exact) mass is 357 g/mol. The number of anilines is 1. The third-order valence-corrected chi connectivity index (χ3v) is 5.03. The second kappa shape index (κ2) is 7.41. The van der Waals surface area contributed by atoms with E-state index in [2.05, 4.69) is 24.8 Å². The van der Waals surface area contributed by atoms with E-state index in [0.717, 1.165) is 44.8 Å². The molecule has 2 fully saturated rings. The lowest BCUT2D eigenvalue weighted by molar-refractivity contribution is -0.115. The van der Waals surface area contributed by atoms with Gasteiger partial charge in [-0.3, -0.25) is 4.98 Å². The summed E-state index contributed by atoms with van der Waals surface area (Å²) in [7, 11) is 1.61. The topological polar surface area (TPSA) is 82.5 Å². The van der Waals surface area contributed by atoms with Gasteiger partial charge in [-0.15, -0.1) is 0 Å². The molecule has 0 aliphatic carbocycles. The van der Waals surface area contributed by atoms with E-state index < -0.39 is 0 Å². The first-order valence-corrected chi connectivity index (χ1v) is 8.90. The molecule has 4 heterocycles. The fourth-order valence-corrected chi connectivity index (χ4v) is 3.71. The summed E-state index contributed by atoms with van der Waals surface area (Å²) in [5.74, 6) is 2.66. The molecule has 0 amide bonds. The number of nitrogens with zero attached hydrogens (tertiary/aromatic N) is 5. The first-order valence-electron chi connectivity index (χ1n) is 8.90. The third-order valence-electron chi connectivity index (χ3n) is 5.03. The van der Waals surface area contributed by atoms with Gasteiger partial charge in [0.05, 0.1) is 33.0 Å². The van der Waals surface area contributed by atoms with Crippen molar-refractivity contribution in [2.45, 2.75) is 24.9 Å². The number of ether oxygens (including phenoxy) is 3. The lowest BCUT2D eigenvalue weighted by atomic mass is 9.79. The van der Waals surface area contributed by atoms with Crippen LogP contribution in [0.25, 0.3) is 0 Å². The normalized spacial score (nSPS) is 21.3. The van der Waals surface area contributed by atoms with E-state index >= 15 is 0 Å². The van der Waals surface area contributed by atoms with Gasteiger partial charge >= 0.3 is 0 Å². The largest absolute Gasteiger partial charge is 0.481 e. The fraction of sp³-hybridized carbons (Fsp3) is 0.556. The van der Waals surface area contributed by atoms with E-state index in [4.69, 9.17) is 14.2 Å². The molecule has 0 aromatic carbocycles. The van der Waals surface area contributed by atoms with Gasteiger partial charge in [0.15, 0.2) is 0 Å². The van der Waals surface area contributed by atoms with Gasteiger partial charge in [0.2, 0.25) is 11.8 Å². The second-order valence-electron chi connectivity index (χ2n) is 6.85. The average Bonchev–Trinajstić information content (AvgIpc) is 2.67. The van der Waals surface area contributed by atoms with Crippen LogP contribution in [0.1, 0.15) is 19.3 Å². The summed E-state index contributed by atoms with van der Waals surface area (Å²) < 4.78 is 17.0. The van der Waals surface area contributed by atoms with Crippen LogP contribution >= 0.6 is 0 Å². The van der Waals surface area contributed by atoms with Gasteiger partial charge in [-0.2, -0.15) is 0 Å². The molecule has 0 bridgehead atoms. The summed E-state index contributed by atoms with van der Waals surface area (Å²) in [5, 5.41) is 0. The van der Waals surface area contributed by atoms with Crippen molar-refractivity contribution in [3.63, 3.8) is 0 Å². The Balaban J connectivity index is 1.27. The van der Waals surface area contributed by atoms with Crippen molar-refractivity contribution in [3.05, 3.63) is 31.0 Å². The molecule has 0 radical (unpaired) electrons. The molecule has 2 aliphatic heterocycles. The van der Waals surface area contributed by atoms with E-state index in [1.165, 1.54) is 6.33 Å². The maximum absolute atomic E-state index is 6.13. The van der Waals surface area contributed by atoms with E-state index in [-0.39, 0.29) is 5.60 Å². The molecule has 26 heavy (non-hydrogen) atoms. The van der Waals surface area contributed by atoms with Crippen molar-refractivity contribution in [2.75, 3.05) is 38.3 Å². The van der Waals surface area contributed by atoms with Crippen LogP contribution in [0.5, 0.6) is 11.8 Å². The zero-order valence-corrected chi connectivity index (χ0v) is 14.9. The zero-order chi connectivity index (χ0) is 17.8. The highest BCUT2D eigenvalue weighted by molar-refractivity contribution is 5.45. The fourth-order valence-electron chi connectivity index (χ4n) is 3.71. The molecule has 0 N–H and O–H groups in total. The summed E-state index contributed by atoms with van der Waals surface area (Å²) >= 11 is 0. The highest BCUT2D eigenvalue weighted by Crippen LogP contribution is 2.39. The molecular formula is C18H23N5O3. The molecule has 8 nitrogen and oxygen atoms in total. The van der Waals surface area contributed by atoms with E-state index in [1.54, 1.807) is 25.7 Å². The van der Waals surface area contributed by atoms with Crippen molar-refractivity contribution in [3.8, 4) is 11.8 Å². The van der Waals surface area contributed by atoms with Gasteiger partial charge < -0.3 is 19.1 Å². The van der Waals surface area contributed by atoms with Gasteiger partial charge in [-0.05, 0) is 25.2 Å². The quantitative estimate of drug-likeness (QED) is 0.773. The molecule has 2 aromatic rings. The number of rotatable bonds is 6. The SMILES string of the molecule is COc1cc(N2CC3(C[C@H](CCOc4cnccn4)CCO3)C2)ncn1. The van der Waals surface area contributed by atoms with Gasteiger partial charge in [0.25, 0.3) is 0 Å². The van der Waals surface area contributed by atoms with Crippen molar-refractivity contribution < 1.29 is 14.2 Å². The summed E-state index contributed by atoms with van der Waals surface area (Å²) in [6, 6.07) is 1.86. The number of hydrogen-bond donors (Lipinski definition) is 0. The minimum absolute atomic E-state index is 0.0619. The minimum atomic E-state index is -0.0619. The Morgan fingerprint density at radius 2 is 2.15 bits per heavy atom. The van der Waals surface area contributed by atoms with Crippen LogP contribution in [0.3, 0.4) is 0 Å². The summed E-state index contributed by atoms with van der Waals surface area (Å²) in [4.78, 5) is 18.8. The van der Waals surface area contributed by atoms with Crippen LogP contribution in [-0.2, 0) is 4.74 Å². The predicted molar refractivity (Wildman–Crippen MR) is 94.3 cm³/mol. The Bertz CT molecular complexity index is 724. The first kappa shape index (κ1) is 17.0. The molecule has 2 saturated heterocycles.